The number of H-pyrrole nitrogens is 2. The number of rotatable bonds is 4. The van der Waals surface area contributed by atoms with Gasteiger partial charge in [0.15, 0.2) is 5.03 Å². The lowest BCUT2D eigenvalue weighted by Crippen LogP contribution is -2.24. The van der Waals surface area contributed by atoms with Gasteiger partial charge in [0, 0.05) is 0 Å². The first-order chi connectivity index (χ1) is 7.18. The largest absolute Gasteiger partial charge is 0.266 e. The molecule has 0 aliphatic carbocycles. The van der Waals surface area contributed by atoms with Gasteiger partial charge >= 0.3 is 0 Å². The predicted octanol–water partition coefficient (Wildman–Crippen LogP) is -0.994. The molecule has 0 saturated carbocycles. The SMILES string of the molecule is O=S(=O)(NCc1ncn[nH]1)c1ccn[nH]1. The average Bonchev–Trinajstić information content (AvgIpc) is 2.88. The van der Waals surface area contributed by atoms with Crippen molar-refractivity contribution in [3.8, 4) is 0 Å². The van der Waals surface area contributed by atoms with Gasteiger partial charge in [-0.2, -0.15) is 10.2 Å². The number of aromatic nitrogens is 5. The molecular formula is C6H8N6O2S. The number of nitrogens with one attached hydrogen (secondary N) is 3. The number of aromatic amines is 2. The van der Waals surface area contributed by atoms with Gasteiger partial charge in [0.05, 0.1) is 12.7 Å². The highest BCUT2D eigenvalue weighted by Gasteiger charge is 2.15. The third kappa shape index (κ3) is 2.19. The first-order valence-corrected chi connectivity index (χ1v) is 5.50. The Bertz CT molecular complexity index is 502. The fourth-order valence-corrected chi connectivity index (χ4v) is 1.85. The van der Waals surface area contributed by atoms with Gasteiger partial charge in [0.2, 0.25) is 0 Å². The molecule has 80 valence electrons. The number of sulfonamides is 1. The summed E-state index contributed by atoms with van der Waals surface area (Å²) in [5, 5.41) is 12.1. The summed E-state index contributed by atoms with van der Waals surface area (Å²) in [4.78, 5) is 3.78. The minimum atomic E-state index is -3.55. The number of hydrogen-bond acceptors (Lipinski definition) is 5. The summed E-state index contributed by atoms with van der Waals surface area (Å²) in [5.74, 6) is 0.443. The second-order valence-electron chi connectivity index (χ2n) is 2.68. The summed E-state index contributed by atoms with van der Waals surface area (Å²) in [7, 11) is -3.55. The molecule has 0 radical (unpaired) electrons. The van der Waals surface area contributed by atoms with E-state index in [1.807, 2.05) is 0 Å². The van der Waals surface area contributed by atoms with Gasteiger partial charge in [-0.1, -0.05) is 0 Å². The van der Waals surface area contributed by atoms with Crippen molar-refractivity contribution >= 4 is 10.0 Å². The first kappa shape index (κ1) is 9.80. The minimum Gasteiger partial charge on any atom is -0.266 e. The Morgan fingerprint density at radius 2 is 2.20 bits per heavy atom. The molecule has 0 saturated heterocycles. The number of nitrogens with zero attached hydrogens (tertiary/aromatic N) is 3. The lowest BCUT2D eigenvalue weighted by molar-refractivity contribution is 0.575. The second-order valence-corrected chi connectivity index (χ2v) is 4.41. The molecule has 0 aromatic carbocycles. The first-order valence-electron chi connectivity index (χ1n) is 4.02. The van der Waals surface area contributed by atoms with Gasteiger partial charge in [-0.25, -0.2) is 18.1 Å². The highest BCUT2D eigenvalue weighted by atomic mass is 32.2. The normalized spacial score (nSPS) is 11.7. The number of hydrogen-bond donors (Lipinski definition) is 3. The van der Waals surface area contributed by atoms with Crippen molar-refractivity contribution in [2.45, 2.75) is 11.6 Å². The van der Waals surface area contributed by atoms with E-state index >= 15 is 0 Å². The maximum Gasteiger partial charge on any atom is 0.257 e. The molecule has 0 bridgehead atoms. The Hall–Kier alpha value is -1.74. The molecule has 0 amide bonds. The van der Waals surface area contributed by atoms with E-state index in [1.165, 1.54) is 18.6 Å². The van der Waals surface area contributed by atoms with Crippen LogP contribution in [0, 0.1) is 0 Å². The van der Waals surface area contributed by atoms with Crippen molar-refractivity contribution in [2.24, 2.45) is 0 Å². The minimum absolute atomic E-state index is 0.0158. The molecule has 0 aliphatic rings. The lowest BCUT2D eigenvalue weighted by Gasteiger charge is -2.01. The Labute approximate surface area is 85.2 Å². The van der Waals surface area contributed by atoms with Crippen LogP contribution in [0.15, 0.2) is 23.6 Å². The van der Waals surface area contributed by atoms with Crippen molar-refractivity contribution in [1.82, 2.24) is 30.1 Å². The molecule has 9 heteroatoms. The van der Waals surface area contributed by atoms with E-state index < -0.39 is 10.0 Å². The molecule has 8 nitrogen and oxygen atoms in total. The van der Waals surface area contributed by atoms with Crippen molar-refractivity contribution < 1.29 is 8.42 Å². The molecular weight excluding hydrogens is 220 g/mol. The van der Waals surface area contributed by atoms with Gasteiger partial charge in [-0.15, -0.1) is 0 Å². The molecule has 0 fully saturated rings. The van der Waals surface area contributed by atoms with Crippen molar-refractivity contribution in [3.05, 3.63) is 24.4 Å². The highest BCUT2D eigenvalue weighted by molar-refractivity contribution is 7.89. The lowest BCUT2D eigenvalue weighted by atomic mass is 10.6. The van der Waals surface area contributed by atoms with Gasteiger partial charge in [0.25, 0.3) is 10.0 Å². The molecule has 0 atom stereocenters. The summed E-state index contributed by atoms with van der Waals surface area (Å²) in [6, 6.07) is 1.36. The Kier molecular flexibility index (Phi) is 2.47. The van der Waals surface area contributed by atoms with Gasteiger partial charge in [-0.3, -0.25) is 10.2 Å². The van der Waals surface area contributed by atoms with Crippen LogP contribution in [-0.2, 0) is 16.6 Å². The van der Waals surface area contributed by atoms with Crippen LogP contribution in [0.2, 0.25) is 0 Å². The summed E-state index contributed by atoms with van der Waals surface area (Å²) < 4.78 is 25.4. The Morgan fingerprint density at radius 1 is 1.33 bits per heavy atom. The zero-order valence-corrected chi connectivity index (χ0v) is 8.32. The molecule has 3 N–H and O–H groups in total. The fraction of sp³-hybridized carbons (Fsp3) is 0.167. The smallest absolute Gasteiger partial charge is 0.257 e. The van der Waals surface area contributed by atoms with Crippen LogP contribution in [-0.4, -0.2) is 33.8 Å². The third-order valence-electron chi connectivity index (χ3n) is 1.66. The highest BCUT2D eigenvalue weighted by Crippen LogP contribution is 2.02. The topological polar surface area (TPSA) is 116 Å². The predicted molar refractivity (Wildman–Crippen MR) is 49.0 cm³/mol. The van der Waals surface area contributed by atoms with Crippen LogP contribution in [0.5, 0.6) is 0 Å². The van der Waals surface area contributed by atoms with Crippen molar-refractivity contribution in [3.63, 3.8) is 0 Å². The maximum atomic E-state index is 11.5. The van der Waals surface area contributed by atoms with Crippen molar-refractivity contribution in [2.75, 3.05) is 0 Å². The summed E-state index contributed by atoms with van der Waals surface area (Å²) in [6.07, 6.45) is 2.67. The third-order valence-corrected chi connectivity index (χ3v) is 2.99. The van der Waals surface area contributed by atoms with E-state index in [0.717, 1.165) is 0 Å². The summed E-state index contributed by atoms with van der Waals surface area (Å²) >= 11 is 0. The zero-order valence-electron chi connectivity index (χ0n) is 7.51. The van der Waals surface area contributed by atoms with Crippen LogP contribution >= 0.6 is 0 Å². The van der Waals surface area contributed by atoms with Crippen LogP contribution in [0.3, 0.4) is 0 Å². The molecule has 2 rings (SSSR count). The van der Waals surface area contributed by atoms with Crippen molar-refractivity contribution in [1.29, 1.82) is 0 Å². The van der Waals surface area contributed by atoms with E-state index in [1.54, 1.807) is 0 Å². The van der Waals surface area contributed by atoms with E-state index in [4.69, 9.17) is 0 Å². The standard InChI is InChI=1S/C6H8N6O2S/c13-15(14,6-1-2-8-12-6)10-3-5-7-4-9-11-5/h1-2,4,10H,3H2,(H,8,12)(H,7,9,11). The summed E-state index contributed by atoms with van der Waals surface area (Å²) in [6.45, 7) is 0.0569. The van der Waals surface area contributed by atoms with Gasteiger partial charge < -0.3 is 0 Å². The zero-order chi connectivity index (χ0) is 10.7. The second kappa shape index (κ2) is 3.79. The van der Waals surface area contributed by atoms with Gasteiger partial charge in [0.1, 0.15) is 12.2 Å². The van der Waals surface area contributed by atoms with E-state index in [9.17, 15) is 8.42 Å². The van der Waals surface area contributed by atoms with E-state index in [2.05, 4.69) is 30.1 Å². The fourth-order valence-electron chi connectivity index (χ4n) is 0.950. The maximum absolute atomic E-state index is 11.5. The molecule has 0 spiro atoms. The quantitative estimate of drug-likeness (QED) is 0.621. The average molecular weight is 228 g/mol. The van der Waals surface area contributed by atoms with E-state index in [0.29, 0.717) is 5.82 Å². The monoisotopic (exact) mass is 228 g/mol. The molecule has 0 aliphatic heterocycles. The molecule has 2 heterocycles. The van der Waals surface area contributed by atoms with Gasteiger partial charge in [-0.05, 0) is 6.07 Å². The Balaban J connectivity index is 2.06. The molecule has 0 unspecified atom stereocenters. The Morgan fingerprint density at radius 3 is 2.80 bits per heavy atom. The van der Waals surface area contributed by atoms with Crippen LogP contribution in [0.4, 0.5) is 0 Å². The molecule has 2 aromatic heterocycles. The summed E-state index contributed by atoms with van der Waals surface area (Å²) in [5.41, 5.74) is 0. The molecule has 2 aromatic rings. The van der Waals surface area contributed by atoms with Crippen LogP contribution < -0.4 is 4.72 Å². The van der Waals surface area contributed by atoms with Crippen LogP contribution in [0.25, 0.3) is 0 Å². The van der Waals surface area contributed by atoms with E-state index in [-0.39, 0.29) is 11.6 Å². The molecule has 15 heavy (non-hydrogen) atoms. The van der Waals surface area contributed by atoms with Crippen LogP contribution in [0.1, 0.15) is 5.82 Å².